The highest BCUT2D eigenvalue weighted by atomic mass is 16.1. The van der Waals surface area contributed by atoms with Crippen LogP contribution in [0.4, 0.5) is 11.5 Å². The van der Waals surface area contributed by atoms with E-state index in [9.17, 15) is 4.79 Å². The number of nitrogens with zero attached hydrogens (tertiary/aromatic N) is 1. The molecule has 1 aliphatic heterocycles. The normalized spacial score (nSPS) is 21.0. The molecule has 0 bridgehead atoms. The van der Waals surface area contributed by atoms with E-state index in [0.29, 0.717) is 11.9 Å². The Bertz CT molecular complexity index is 368. The second kappa shape index (κ2) is 3.67. The number of nitrogens with two attached hydrogens (primary N) is 1. The smallest absolute Gasteiger partial charge is 0.276 e. The van der Waals surface area contributed by atoms with Crippen LogP contribution in [0.1, 0.15) is 6.42 Å². The predicted molar refractivity (Wildman–Crippen MR) is 54.2 cm³/mol. The highest BCUT2D eigenvalue weighted by Crippen LogP contribution is 2.11. The summed E-state index contributed by atoms with van der Waals surface area (Å²) in [5.41, 5.74) is 5.43. The topological polar surface area (TPSA) is 95.8 Å². The van der Waals surface area contributed by atoms with Crippen LogP contribution >= 0.6 is 0 Å². The molecular formula is C8H13N5O. The standard InChI is InChI=1S/C8H13N5O/c9-6-7(11-4-12-8(6)14)13-5-1-2-10-3-5/h4-5,10H,1-3,9H2,(H2,11,12,13,14). The Morgan fingerprint density at radius 2 is 2.50 bits per heavy atom. The van der Waals surface area contributed by atoms with Crippen LogP contribution in [0.3, 0.4) is 0 Å². The van der Waals surface area contributed by atoms with E-state index in [2.05, 4.69) is 20.6 Å². The molecule has 0 aromatic carbocycles. The van der Waals surface area contributed by atoms with E-state index in [-0.39, 0.29) is 11.2 Å². The monoisotopic (exact) mass is 195 g/mol. The Morgan fingerprint density at radius 1 is 1.64 bits per heavy atom. The summed E-state index contributed by atoms with van der Waals surface area (Å²) in [5, 5.41) is 6.34. The van der Waals surface area contributed by atoms with Crippen LogP contribution in [0.25, 0.3) is 0 Å². The van der Waals surface area contributed by atoms with E-state index in [1.54, 1.807) is 0 Å². The summed E-state index contributed by atoms with van der Waals surface area (Å²) in [7, 11) is 0. The molecule has 1 unspecified atom stereocenters. The van der Waals surface area contributed by atoms with Crippen molar-refractivity contribution in [1.82, 2.24) is 15.3 Å². The molecule has 5 N–H and O–H groups in total. The largest absolute Gasteiger partial charge is 0.391 e. The van der Waals surface area contributed by atoms with Crippen LogP contribution in [-0.2, 0) is 0 Å². The van der Waals surface area contributed by atoms with Crippen LogP contribution in [-0.4, -0.2) is 29.1 Å². The van der Waals surface area contributed by atoms with Gasteiger partial charge in [-0.2, -0.15) is 0 Å². The number of nitrogens with one attached hydrogen (secondary N) is 3. The van der Waals surface area contributed by atoms with E-state index in [4.69, 9.17) is 5.73 Å². The fraction of sp³-hybridized carbons (Fsp3) is 0.500. The first kappa shape index (κ1) is 9.01. The van der Waals surface area contributed by atoms with E-state index in [1.807, 2.05) is 0 Å². The molecule has 14 heavy (non-hydrogen) atoms. The molecule has 0 amide bonds. The molecule has 1 aromatic heterocycles. The summed E-state index contributed by atoms with van der Waals surface area (Å²) in [6.07, 6.45) is 2.37. The Kier molecular flexibility index (Phi) is 2.36. The van der Waals surface area contributed by atoms with Gasteiger partial charge in [-0.25, -0.2) is 4.98 Å². The van der Waals surface area contributed by atoms with Gasteiger partial charge in [0.15, 0.2) is 5.82 Å². The third-order valence-corrected chi connectivity index (χ3v) is 2.29. The summed E-state index contributed by atoms with van der Waals surface area (Å²) >= 11 is 0. The molecule has 0 spiro atoms. The van der Waals surface area contributed by atoms with Crippen LogP contribution in [0.2, 0.25) is 0 Å². The molecule has 2 heterocycles. The molecule has 1 saturated heterocycles. The third kappa shape index (κ3) is 1.69. The van der Waals surface area contributed by atoms with Gasteiger partial charge in [0.25, 0.3) is 5.56 Å². The molecular weight excluding hydrogens is 182 g/mol. The Morgan fingerprint density at radius 3 is 3.21 bits per heavy atom. The summed E-state index contributed by atoms with van der Waals surface area (Å²) < 4.78 is 0. The number of hydrogen-bond acceptors (Lipinski definition) is 5. The Hall–Kier alpha value is -1.56. The van der Waals surface area contributed by atoms with Gasteiger partial charge in [-0.15, -0.1) is 0 Å². The van der Waals surface area contributed by atoms with Gasteiger partial charge < -0.3 is 21.4 Å². The van der Waals surface area contributed by atoms with Crippen LogP contribution < -0.4 is 21.9 Å². The quantitative estimate of drug-likeness (QED) is 0.492. The average Bonchev–Trinajstić information content (AvgIpc) is 2.66. The van der Waals surface area contributed by atoms with Gasteiger partial charge in [-0.05, 0) is 13.0 Å². The van der Waals surface area contributed by atoms with Gasteiger partial charge >= 0.3 is 0 Å². The van der Waals surface area contributed by atoms with Crippen LogP contribution in [0.5, 0.6) is 0 Å². The zero-order valence-corrected chi connectivity index (χ0v) is 7.71. The van der Waals surface area contributed by atoms with E-state index >= 15 is 0 Å². The fourth-order valence-electron chi connectivity index (χ4n) is 1.50. The maximum Gasteiger partial charge on any atom is 0.276 e. The van der Waals surface area contributed by atoms with Gasteiger partial charge in [-0.1, -0.05) is 0 Å². The minimum absolute atomic E-state index is 0.152. The lowest BCUT2D eigenvalue weighted by atomic mass is 10.2. The highest BCUT2D eigenvalue weighted by Gasteiger charge is 2.16. The lowest BCUT2D eigenvalue weighted by Crippen LogP contribution is -2.25. The molecule has 1 atom stereocenters. The van der Waals surface area contributed by atoms with Crippen molar-refractivity contribution in [3.63, 3.8) is 0 Å². The van der Waals surface area contributed by atoms with Crippen molar-refractivity contribution in [2.75, 3.05) is 24.1 Å². The van der Waals surface area contributed by atoms with E-state index < -0.39 is 0 Å². The molecule has 2 rings (SSSR count). The summed E-state index contributed by atoms with van der Waals surface area (Å²) in [4.78, 5) is 17.5. The van der Waals surface area contributed by atoms with E-state index in [1.165, 1.54) is 6.33 Å². The second-order valence-corrected chi connectivity index (χ2v) is 3.33. The van der Waals surface area contributed by atoms with E-state index in [0.717, 1.165) is 19.5 Å². The average molecular weight is 195 g/mol. The molecule has 0 saturated carbocycles. The molecule has 1 fully saturated rings. The lowest BCUT2D eigenvalue weighted by Gasteiger charge is -2.12. The van der Waals surface area contributed by atoms with Gasteiger partial charge in [0.1, 0.15) is 5.69 Å². The first-order chi connectivity index (χ1) is 6.77. The SMILES string of the molecule is Nc1c(NC2CCNC2)nc[nH]c1=O. The number of anilines is 2. The van der Waals surface area contributed by atoms with Crippen molar-refractivity contribution >= 4 is 11.5 Å². The van der Waals surface area contributed by atoms with Crippen molar-refractivity contribution < 1.29 is 0 Å². The minimum Gasteiger partial charge on any atom is -0.391 e. The maximum absolute atomic E-state index is 11.1. The van der Waals surface area contributed by atoms with Crippen molar-refractivity contribution in [3.05, 3.63) is 16.7 Å². The fourth-order valence-corrected chi connectivity index (χ4v) is 1.50. The highest BCUT2D eigenvalue weighted by molar-refractivity contribution is 5.59. The first-order valence-corrected chi connectivity index (χ1v) is 4.58. The summed E-state index contributed by atoms with van der Waals surface area (Å²) in [6.45, 7) is 1.87. The number of aromatic amines is 1. The molecule has 0 aliphatic carbocycles. The maximum atomic E-state index is 11.1. The number of hydrogen-bond donors (Lipinski definition) is 4. The second-order valence-electron chi connectivity index (χ2n) is 3.33. The number of aromatic nitrogens is 2. The van der Waals surface area contributed by atoms with Gasteiger partial charge in [0, 0.05) is 12.6 Å². The molecule has 6 heteroatoms. The summed E-state index contributed by atoms with van der Waals surface area (Å²) in [5.74, 6) is 0.474. The number of H-pyrrole nitrogens is 1. The van der Waals surface area contributed by atoms with Crippen molar-refractivity contribution in [2.45, 2.75) is 12.5 Å². The van der Waals surface area contributed by atoms with Crippen molar-refractivity contribution in [3.8, 4) is 0 Å². The van der Waals surface area contributed by atoms with Crippen LogP contribution in [0.15, 0.2) is 11.1 Å². The molecule has 76 valence electrons. The van der Waals surface area contributed by atoms with Gasteiger partial charge in [-0.3, -0.25) is 4.79 Å². The first-order valence-electron chi connectivity index (χ1n) is 4.58. The Balaban J connectivity index is 2.15. The number of rotatable bonds is 2. The predicted octanol–water partition coefficient (Wildman–Crippen LogP) is -0.874. The van der Waals surface area contributed by atoms with Crippen molar-refractivity contribution in [1.29, 1.82) is 0 Å². The zero-order valence-electron chi connectivity index (χ0n) is 7.71. The Labute approximate surface area is 80.9 Å². The van der Waals surface area contributed by atoms with Gasteiger partial charge in [0.05, 0.1) is 6.33 Å². The molecule has 6 nitrogen and oxygen atoms in total. The van der Waals surface area contributed by atoms with Crippen LogP contribution in [0, 0.1) is 0 Å². The number of nitrogen functional groups attached to an aromatic ring is 1. The molecule has 0 radical (unpaired) electrons. The lowest BCUT2D eigenvalue weighted by molar-refractivity contribution is 0.787. The third-order valence-electron chi connectivity index (χ3n) is 2.29. The zero-order chi connectivity index (χ0) is 9.97. The molecule has 1 aliphatic rings. The molecule has 1 aromatic rings. The summed E-state index contributed by atoms with van der Waals surface area (Å²) in [6, 6.07) is 0.312. The van der Waals surface area contributed by atoms with Crippen molar-refractivity contribution in [2.24, 2.45) is 0 Å². The minimum atomic E-state index is -0.298. The van der Waals surface area contributed by atoms with Gasteiger partial charge in [0.2, 0.25) is 0 Å².